The van der Waals surface area contributed by atoms with Crippen LogP contribution in [-0.2, 0) is 0 Å². The van der Waals surface area contributed by atoms with Crippen molar-refractivity contribution in [3.63, 3.8) is 0 Å². The highest BCUT2D eigenvalue weighted by atomic mass is 16.6. The van der Waals surface area contributed by atoms with Crippen LogP contribution in [0.3, 0.4) is 0 Å². The number of carboxylic acids is 1. The third kappa shape index (κ3) is 3.94. The van der Waals surface area contributed by atoms with Gasteiger partial charge in [0.05, 0.1) is 10.5 Å². The zero-order chi connectivity index (χ0) is 14.4. The molecule has 0 amide bonds. The Labute approximate surface area is 111 Å². The lowest BCUT2D eigenvalue weighted by Gasteiger charge is -2.16. The van der Waals surface area contributed by atoms with Gasteiger partial charge < -0.3 is 10.4 Å². The van der Waals surface area contributed by atoms with E-state index in [-0.39, 0.29) is 23.0 Å². The van der Waals surface area contributed by atoms with Crippen LogP contribution >= 0.6 is 0 Å². The Balaban J connectivity index is 3.07. The molecule has 0 bridgehead atoms. The lowest BCUT2D eigenvalue weighted by Crippen LogP contribution is -2.18. The van der Waals surface area contributed by atoms with Crippen molar-refractivity contribution < 1.29 is 14.8 Å². The number of nitrogens with zero attached hydrogens (tertiary/aromatic N) is 1. The highest BCUT2D eigenvalue weighted by Crippen LogP contribution is 2.29. The Morgan fingerprint density at radius 2 is 2.21 bits per heavy atom. The van der Waals surface area contributed by atoms with E-state index in [0.717, 1.165) is 19.3 Å². The highest BCUT2D eigenvalue weighted by molar-refractivity contribution is 5.96. The first kappa shape index (κ1) is 14.9. The minimum absolute atomic E-state index is 0.0147. The lowest BCUT2D eigenvalue weighted by atomic mass is 10.1. The van der Waals surface area contributed by atoms with Gasteiger partial charge in [-0.25, -0.2) is 4.79 Å². The van der Waals surface area contributed by atoms with Gasteiger partial charge >= 0.3 is 5.97 Å². The fraction of sp³-hybridized carbons (Fsp3) is 0.462. The van der Waals surface area contributed by atoms with Gasteiger partial charge in [0, 0.05) is 12.1 Å². The fourth-order valence-corrected chi connectivity index (χ4v) is 1.85. The number of aromatic carboxylic acids is 1. The van der Waals surface area contributed by atoms with Crippen molar-refractivity contribution in [3.05, 3.63) is 33.9 Å². The molecule has 0 heterocycles. The normalized spacial score (nSPS) is 11.9. The van der Waals surface area contributed by atoms with E-state index in [0.29, 0.717) is 0 Å². The highest BCUT2D eigenvalue weighted by Gasteiger charge is 2.22. The summed E-state index contributed by atoms with van der Waals surface area (Å²) in [6, 6.07) is 4.04. The largest absolute Gasteiger partial charge is 0.478 e. The number of unbranched alkanes of at least 4 members (excludes halogenated alkanes) is 1. The maximum atomic E-state index is 11.1. The molecule has 6 heteroatoms. The van der Waals surface area contributed by atoms with Crippen LogP contribution in [0.1, 0.15) is 43.5 Å². The van der Waals surface area contributed by atoms with Crippen molar-refractivity contribution in [2.75, 3.05) is 5.32 Å². The molecule has 0 radical (unpaired) electrons. The maximum absolute atomic E-state index is 11.1. The van der Waals surface area contributed by atoms with Crippen molar-refractivity contribution in [2.45, 2.75) is 39.2 Å². The predicted octanol–water partition coefficient (Wildman–Crippen LogP) is 3.28. The SMILES string of the molecule is CCCCC(C)Nc1c(C(=O)O)cccc1[N+](=O)[O-]. The van der Waals surface area contributed by atoms with E-state index in [1.807, 2.05) is 6.92 Å². The molecule has 0 saturated carbocycles. The first-order valence-electron chi connectivity index (χ1n) is 6.24. The zero-order valence-electron chi connectivity index (χ0n) is 11.0. The molecule has 104 valence electrons. The van der Waals surface area contributed by atoms with E-state index in [1.165, 1.54) is 18.2 Å². The van der Waals surface area contributed by atoms with Crippen molar-refractivity contribution in [3.8, 4) is 0 Å². The second kappa shape index (κ2) is 6.72. The van der Waals surface area contributed by atoms with Crippen molar-refractivity contribution in [1.29, 1.82) is 0 Å². The first-order chi connectivity index (χ1) is 8.97. The van der Waals surface area contributed by atoms with E-state index in [2.05, 4.69) is 12.2 Å². The summed E-state index contributed by atoms with van der Waals surface area (Å²) < 4.78 is 0. The molecule has 0 saturated heterocycles. The number of carboxylic acid groups (broad SMARTS) is 1. The maximum Gasteiger partial charge on any atom is 0.338 e. The average molecular weight is 266 g/mol. The summed E-state index contributed by atoms with van der Waals surface area (Å²) in [7, 11) is 0. The third-order valence-corrected chi connectivity index (χ3v) is 2.85. The van der Waals surface area contributed by atoms with Crippen molar-refractivity contribution in [2.24, 2.45) is 0 Å². The number of para-hydroxylation sites is 1. The number of nitrogens with one attached hydrogen (secondary N) is 1. The van der Waals surface area contributed by atoms with Gasteiger partial charge in [0.2, 0.25) is 0 Å². The van der Waals surface area contributed by atoms with Gasteiger partial charge in [-0.3, -0.25) is 10.1 Å². The molecule has 6 nitrogen and oxygen atoms in total. The van der Waals surface area contributed by atoms with E-state index in [1.54, 1.807) is 0 Å². The third-order valence-electron chi connectivity index (χ3n) is 2.85. The number of nitro groups is 1. The molecule has 2 N–H and O–H groups in total. The van der Waals surface area contributed by atoms with Gasteiger partial charge in [0.15, 0.2) is 0 Å². The van der Waals surface area contributed by atoms with Crippen LogP contribution in [0.4, 0.5) is 11.4 Å². The summed E-state index contributed by atoms with van der Waals surface area (Å²) in [6.45, 7) is 3.94. The molecule has 1 aromatic rings. The Morgan fingerprint density at radius 1 is 1.53 bits per heavy atom. The van der Waals surface area contributed by atoms with Crippen LogP contribution in [0.2, 0.25) is 0 Å². The Bertz CT molecular complexity index is 441. The lowest BCUT2D eigenvalue weighted by molar-refractivity contribution is -0.384. The second-order valence-corrected chi connectivity index (χ2v) is 4.45. The van der Waals surface area contributed by atoms with Gasteiger partial charge in [0.1, 0.15) is 5.69 Å². The molecular weight excluding hydrogens is 248 g/mol. The van der Waals surface area contributed by atoms with Gasteiger partial charge in [-0.2, -0.15) is 0 Å². The van der Waals surface area contributed by atoms with Gasteiger partial charge in [-0.05, 0) is 19.4 Å². The van der Waals surface area contributed by atoms with E-state index in [4.69, 9.17) is 5.11 Å². The minimum atomic E-state index is -1.17. The van der Waals surface area contributed by atoms with Crippen LogP contribution in [0.15, 0.2) is 18.2 Å². The van der Waals surface area contributed by atoms with Crippen molar-refractivity contribution in [1.82, 2.24) is 0 Å². The fourth-order valence-electron chi connectivity index (χ4n) is 1.85. The van der Waals surface area contributed by atoms with Crippen LogP contribution in [0.5, 0.6) is 0 Å². The van der Waals surface area contributed by atoms with Crippen LogP contribution in [0.25, 0.3) is 0 Å². The molecule has 1 unspecified atom stereocenters. The Hall–Kier alpha value is -2.11. The average Bonchev–Trinajstić information content (AvgIpc) is 2.35. The number of rotatable bonds is 7. The monoisotopic (exact) mass is 266 g/mol. The van der Waals surface area contributed by atoms with Gasteiger partial charge in [-0.1, -0.05) is 25.8 Å². The standard InChI is InChI=1S/C13H18N2O4/c1-3-4-6-9(2)14-12-10(13(16)17)7-5-8-11(12)15(18)19/h5,7-9,14H,3-4,6H2,1-2H3,(H,16,17). The molecule has 1 aromatic carbocycles. The number of anilines is 1. The predicted molar refractivity (Wildman–Crippen MR) is 72.7 cm³/mol. The minimum Gasteiger partial charge on any atom is -0.478 e. The number of carbonyl (C=O) groups is 1. The van der Waals surface area contributed by atoms with Crippen molar-refractivity contribution >= 4 is 17.3 Å². The molecule has 1 atom stereocenters. The number of benzene rings is 1. The number of nitro benzene ring substituents is 1. The van der Waals surface area contributed by atoms with E-state index < -0.39 is 10.9 Å². The summed E-state index contributed by atoms with van der Waals surface area (Å²) in [4.78, 5) is 21.5. The quantitative estimate of drug-likeness (QED) is 0.583. The molecular formula is C13H18N2O4. The van der Waals surface area contributed by atoms with Crippen LogP contribution in [-0.4, -0.2) is 22.0 Å². The van der Waals surface area contributed by atoms with Crippen LogP contribution in [0, 0.1) is 10.1 Å². The summed E-state index contributed by atoms with van der Waals surface area (Å²) in [5.74, 6) is -1.17. The summed E-state index contributed by atoms with van der Waals surface area (Å²) >= 11 is 0. The summed E-state index contributed by atoms with van der Waals surface area (Å²) in [5, 5.41) is 23.0. The summed E-state index contributed by atoms with van der Waals surface area (Å²) in [6.07, 6.45) is 2.84. The Kier molecular flexibility index (Phi) is 5.29. The molecule has 0 aromatic heterocycles. The van der Waals surface area contributed by atoms with Crippen LogP contribution < -0.4 is 5.32 Å². The summed E-state index contributed by atoms with van der Waals surface area (Å²) in [5.41, 5.74) is -0.190. The first-order valence-corrected chi connectivity index (χ1v) is 6.24. The van der Waals surface area contributed by atoms with E-state index >= 15 is 0 Å². The zero-order valence-corrected chi connectivity index (χ0v) is 11.0. The molecule has 0 aliphatic rings. The molecule has 0 aliphatic heterocycles. The topological polar surface area (TPSA) is 92.5 Å². The van der Waals surface area contributed by atoms with E-state index in [9.17, 15) is 14.9 Å². The molecule has 1 rings (SSSR count). The number of hydrogen-bond donors (Lipinski definition) is 2. The molecule has 0 aliphatic carbocycles. The second-order valence-electron chi connectivity index (χ2n) is 4.45. The molecule has 0 fully saturated rings. The van der Waals surface area contributed by atoms with Gasteiger partial charge in [0.25, 0.3) is 5.69 Å². The van der Waals surface area contributed by atoms with Gasteiger partial charge in [-0.15, -0.1) is 0 Å². The smallest absolute Gasteiger partial charge is 0.338 e. The molecule has 0 spiro atoms. The number of hydrogen-bond acceptors (Lipinski definition) is 4. The molecule has 19 heavy (non-hydrogen) atoms. The Morgan fingerprint density at radius 3 is 2.74 bits per heavy atom.